The Morgan fingerprint density at radius 1 is 1.50 bits per heavy atom. The number of nitrogens with zero attached hydrogens (tertiary/aromatic N) is 2. The first-order valence-corrected chi connectivity index (χ1v) is 8.52. The molecule has 1 N–H and O–H groups in total. The van der Waals surface area contributed by atoms with Gasteiger partial charge < -0.3 is 14.6 Å². The van der Waals surface area contributed by atoms with E-state index < -0.39 is 0 Å². The minimum Gasteiger partial charge on any atom is -0.369 e. The fraction of sp³-hybridized carbons (Fsp3) is 0.471. The van der Waals surface area contributed by atoms with Gasteiger partial charge in [0.15, 0.2) is 0 Å². The summed E-state index contributed by atoms with van der Waals surface area (Å²) in [4.78, 5) is 4.44. The van der Waals surface area contributed by atoms with Gasteiger partial charge in [-0.1, -0.05) is 35.0 Å². The minimum atomic E-state index is 0.0507. The summed E-state index contributed by atoms with van der Waals surface area (Å²) in [5.41, 5.74) is 1.34. The molecule has 1 aromatic heterocycles. The van der Waals surface area contributed by atoms with Gasteiger partial charge in [0.05, 0.1) is 0 Å². The van der Waals surface area contributed by atoms with Crippen LogP contribution in [0.25, 0.3) is 0 Å². The van der Waals surface area contributed by atoms with Crippen LogP contribution < -0.4 is 5.32 Å². The van der Waals surface area contributed by atoms with Crippen LogP contribution in [-0.2, 0) is 11.8 Å². The van der Waals surface area contributed by atoms with Gasteiger partial charge in [0.1, 0.15) is 11.9 Å². The van der Waals surface area contributed by atoms with E-state index in [1.807, 2.05) is 24.0 Å². The van der Waals surface area contributed by atoms with Crippen LogP contribution in [0.3, 0.4) is 0 Å². The van der Waals surface area contributed by atoms with E-state index in [2.05, 4.69) is 57.4 Å². The van der Waals surface area contributed by atoms with Gasteiger partial charge in [-0.05, 0) is 30.0 Å². The quantitative estimate of drug-likeness (QED) is 0.884. The number of imidazole rings is 1. The topological polar surface area (TPSA) is 39.1 Å². The predicted molar refractivity (Wildman–Crippen MR) is 90.9 cm³/mol. The first-order chi connectivity index (χ1) is 10.6. The Morgan fingerprint density at radius 2 is 2.36 bits per heavy atom. The van der Waals surface area contributed by atoms with Gasteiger partial charge in [-0.3, -0.25) is 0 Å². The van der Waals surface area contributed by atoms with E-state index in [0.29, 0.717) is 12.0 Å². The van der Waals surface area contributed by atoms with E-state index >= 15 is 0 Å². The first kappa shape index (κ1) is 15.7. The van der Waals surface area contributed by atoms with Gasteiger partial charge in [0, 0.05) is 43.1 Å². The number of hydrogen-bond acceptors (Lipinski definition) is 3. The van der Waals surface area contributed by atoms with Crippen LogP contribution in [0.5, 0.6) is 0 Å². The van der Waals surface area contributed by atoms with Gasteiger partial charge in [0.25, 0.3) is 0 Å². The van der Waals surface area contributed by atoms with Crippen molar-refractivity contribution in [3.8, 4) is 0 Å². The first-order valence-electron chi connectivity index (χ1n) is 7.73. The van der Waals surface area contributed by atoms with Crippen LogP contribution in [0.1, 0.15) is 36.8 Å². The zero-order valence-corrected chi connectivity index (χ0v) is 14.6. The van der Waals surface area contributed by atoms with E-state index in [4.69, 9.17) is 4.74 Å². The van der Waals surface area contributed by atoms with Crippen molar-refractivity contribution in [3.05, 3.63) is 52.5 Å². The molecule has 2 heterocycles. The van der Waals surface area contributed by atoms with Crippen molar-refractivity contribution in [2.75, 3.05) is 13.2 Å². The Hall–Kier alpha value is -1.17. The summed E-state index contributed by atoms with van der Waals surface area (Å²) in [5, 5.41) is 3.67. The standard InChI is InChI=1S/C17H22BrN3O/c1-12(13-4-3-5-14(18)10-13)11-20-15-6-9-22-16(15)17-19-7-8-21(17)2/h3-5,7-8,10,12,15-16,20H,6,9,11H2,1-2H3/t12?,15-,16-/m0/s1. The molecule has 1 aromatic carbocycles. The highest BCUT2D eigenvalue weighted by atomic mass is 79.9. The molecule has 0 spiro atoms. The zero-order chi connectivity index (χ0) is 15.5. The van der Waals surface area contributed by atoms with Crippen molar-refractivity contribution >= 4 is 15.9 Å². The van der Waals surface area contributed by atoms with E-state index in [1.165, 1.54) is 5.56 Å². The molecule has 3 rings (SSSR count). The van der Waals surface area contributed by atoms with Crippen molar-refractivity contribution in [1.29, 1.82) is 0 Å². The van der Waals surface area contributed by atoms with E-state index in [0.717, 1.165) is 29.9 Å². The highest BCUT2D eigenvalue weighted by Gasteiger charge is 2.32. The molecule has 5 heteroatoms. The lowest BCUT2D eigenvalue weighted by molar-refractivity contribution is 0.0894. The second kappa shape index (κ2) is 6.94. The number of nitrogens with one attached hydrogen (secondary N) is 1. The molecule has 22 heavy (non-hydrogen) atoms. The average molecular weight is 364 g/mol. The number of halogens is 1. The lowest BCUT2D eigenvalue weighted by Crippen LogP contribution is -2.35. The molecule has 118 valence electrons. The van der Waals surface area contributed by atoms with Crippen LogP contribution in [0.15, 0.2) is 41.1 Å². The minimum absolute atomic E-state index is 0.0507. The highest BCUT2D eigenvalue weighted by Crippen LogP contribution is 2.28. The molecule has 2 aromatic rings. The number of benzene rings is 1. The van der Waals surface area contributed by atoms with Gasteiger partial charge in [-0.25, -0.2) is 4.98 Å². The second-order valence-electron chi connectivity index (χ2n) is 5.95. The normalized spacial score (nSPS) is 22.9. The molecule has 0 aliphatic carbocycles. The predicted octanol–water partition coefficient (Wildman–Crippen LogP) is 3.41. The van der Waals surface area contributed by atoms with Gasteiger partial charge in [-0.2, -0.15) is 0 Å². The summed E-state index contributed by atoms with van der Waals surface area (Å²) in [6.07, 6.45) is 4.88. The number of aromatic nitrogens is 2. The van der Waals surface area contributed by atoms with Crippen molar-refractivity contribution in [2.24, 2.45) is 7.05 Å². The van der Waals surface area contributed by atoms with Crippen LogP contribution in [-0.4, -0.2) is 28.7 Å². The smallest absolute Gasteiger partial charge is 0.139 e. The maximum absolute atomic E-state index is 5.89. The van der Waals surface area contributed by atoms with E-state index in [1.54, 1.807) is 0 Å². The van der Waals surface area contributed by atoms with Gasteiger partial charge in [0.2, 0.25) is 0 Å². The molecular weight excluding hydrogens is 342 g/mol. The molecule has 4 nitrogen and oxygen atoms in total. The Bertz CT molecular complexity index is 628. The van der Waals surface area contributed by atoms with Crippen LogP contribution in [0.4, 0.5) is 0 Å². The van der Waals surface area contributed by atoms with Crippen molar-refractivity contribution in [2.45, 2.75) is 31.4 Å². The molecule has 0 radical (unpaired) electrons. The van der Waals surface area contributed by atoms with Gasteiger partial charge in [-0.15, -0.1) is 0 Å². The largest absolute Gasteiger partial charge is 0.369 e. The molecule has 0 bridgehead atoms. The van der Waals surface area contributed by atoms with Crippen LogP contribution >= 0.6 is 15.9 Å². The van der Waals surface area contributed by atoms with E-state index in [-0.39, 0.29) is 6.10 Å². The molecule has 1 aliphatic heterocycles. The Labute approximate surface area is 140 Å². The number of aryl methyl sites for hydroxylation is 1. The number of hydrogen-bond donors (Lipinski definition) is 1. The Morgan fingerprint density at radius 3 is 3.09 bits per heavy atom. The number of ether oxygens (including phenoxy) is 1. The summed E-state index contributed by atoms with van der Waals surface area (Å²) in [5.74, 6) is 1.46. The zero-order valence-electron chi connectivity index (χ0n) is 13.0. The number of rotatable bonds is 5. The molecular formula is C17H22BrN3O. The molecule has 0 amide bonds. The maximum Gasteiger partial charge on any atom is 0.139 e. The lowest BCUT2D eigenvalue weighted by Gasteiger charge is -2.22. The molecule has 1 unspecified atom stereocenters. The second-order valence-corrected chi connectivity index (χ2v) is 6.86. The monoisotopic (exact) mass is 363 g/mol. The molecule has 1 saturated heterocycles. The summed E-state index contributed by atoms with van der Waals surface area (Å²) in [6.45, 7) is 3.98. The van der Waals surface area contributed by atoms with Crippen molar-refractivity contribution in [1.82, 2.24) is 14.9 Å². The summed E-state index contributed by atoms with van der Waals surface area (Å²) >= 11 is 3.54. The van der Waals surface area contributed by atoms with Crippen molar-refractivity contribution < 1.29 is 4.74 Å². The van der Waals surface area contributed by atoms with Gasteiger partial charge >= 0.3 is 0 Å². The summed E-state index contributed by atoms with van der Waals surface area (Å²) in [7, 11) is 2.02. The van der Waals surface area contributed by atoms with Crippen LogP contribution in [0.2, 0.25) is 0 Å². The molecule has 1 fully saturated rings. The lowest BCUT2D eigenvalue weighted by atomic mass is 10.0. The molecule has 0 saturated carbocycles. The third-order valence-electron chi connectivity index (χ3n) is 4.31. The highest BCUT2D eigenvalue weighted by molar-refractivity contribution is 9.10. The summed E-state index contributed by atoms with van der Waals surface area (Å²) in [6, 6.07) is 8.85. The van der Waals surface area contributed by atoms with Crippen LogP contribution in [0, 0.1) is 0 Å². The Kier molecular flexibility index (Phi) is 4.96. The SMILES string of the molecule is CC(CN[C@H]1CCO[C@@H]1c1nccn1C)c1cccc(Br)c1. The summed E-state index contributed by atoms with van der Waals surface area (Å²) < 4.78 is 9.07. The molecule has 3 atom stereocenters. The Balaban J connectivity index is 1.62. The van der Waals surface area contributed by atoms with E-state index in [9.17, 15) is 0 Å². The fourth-order valence-electron chi connectivity index (χ4n) is 2.96. The molecule has 1 aliphatic rings. The third kappa shape index (κ3) is 3.42. The third-order valence-corrected chi connectivity index (χ3v) is 4.80. The maximum atomic E-state index is 5.89. The van der Waals surface area contributed by atoms with Crippen molar-refractivity contribution in [3.63, 3.8) is 0 Å². The fourth-order valence-corrected chi connectivity index (χ4v) is 3.38. The average Bonchev–Trinajstić information content (AvgIpc) is 3.12.